The summed E-state index contributed by atoms with van der Waals surface area (Å²) in [7, 11) is 2.01. The summed E-state index contributed by atoms with van der Waals surface area (Å²) in [5, 5.41) is 3.28. The van der Waals surface area contributed by atoms with Crippen molar-refractivity contribution < 1.29 is 4.79 Å². The minimum absolute atomic E-state index is 0.225. The van der Waals surface area contributed by atoms with E-state index < -0.39 is 0 Å². The summed E-state index contributed by atoms with van der Waals surface area (Å²) < 4.78 is -0.225. The molecule has 2 aliphatic rings. The Kier molecular flexibility index (Phi) is 5.88. The molecule has 0 radical (unpaired) electrons. The van der Waals surface area contributed by atoms with Crippen LogP contribution < -0.4 is 5.32 Å². The predicted molar refractivity (Wildman–Crippen MR) is 101 cm³/mol. The number of nitrogens with zero attached hydrogens (tertiary/aromatic N) is 1. The van der Waals surface area contributed by atoms with Crippen LogP contribution >= 0.6 is 11.8 Å². The summed E-state index contributed by atoms with van der Waals surface area (Å²) in [5.41, 5.74) is 1.28. The molecule has 1 aromatic carbocycles. The van der Waals surface area contributed by atoms with Crippen LogP contribution in [-0.2, 0) is 4.79 Å². The lowest BCUT2D eigenvalue weighted by atomic mass is 9.95. The average molecular weight is 347 g/mol. The summed E-state index contributed by atoms with van der Waals surface area (Å²) in [5.74, 6) is 1.00. The molecule has 0 bridgehead atoms. The first kappa shape index (κ1) is 17.8. The maximum absolute atomic E-state index is 13.4. The summed E-state index contributed by atoms with van der Waals surface area (Å²) in [4.78, 5) is 16.8. The molecule has 1 amide bonds. The van der Waals surface area contributed by atoms with Crippen LogP contribution in [0.2, 0.25) is 0 Å². The Labute approximate surface area is 150 Å². The summed E-state index contributed by atoms with van der Waals surface area (Å²) in [6.07, 6.45) is 6.79. The second-order valence-corrected chi connectivity index (χ2v) is 8.89. The smallest absolute Gasteiger partial charge is 0.239 e. The summed E-state index contributed by atoms with van der Waals surface area (Å²) >= 11 is 1.82. The molecule has 3 nitrogen and oxygen atoms in total. The first-order valence-corrected chi connectivity index (χ1v) is 10.1. The maximum Gasteiger partial charge on any atom is 0.239 e. The van der Waals surface area contributed by atoms with Gasteiger partial charge in [-0.05, 0) is 64.3 Å². The summed E-state index contributed by atoms with van der Waals surface area (Å²) in [6, 6.07) is 8.65. The van der Waals surface area contributed by atoms with E-state index in [1.165, 1.54) is 29.7 Å². The van der Waals surface area contributed by atoms with Crippen molar-refractivity contribution in [3.05, 3.63) is 29.8 Å². The SMILES string of the molecule is CNCC1CCCN(C(=O)C2(Sc3ccc(C)cc3)CCCC2)C1. The van der Waals surface area contributed by atoms with Crippen LogP contribution in [0.15, 0.2) is 29.2 Å². The number of hydrogen-bond acceptors (Lipinski definition) is 3. The molecule has 1 aliphatic carbocycles. The van der Waals surface area contributed by atoms with Crippen LogP contribution in [0.5, 0.6) is 0 Å². The zero-order valence-electron chi connectivity index (χ0n) is 15.0. The van der Waals surface area contributed by atoms with Gasteiger partial charge in [0.25, 0.3) is 0 Å². The normalized spacial score (nSPS) is 23.4. The Morgan fingerprint density at radius 2 is 1.96 bits per heavy atom. The van der Waals surface area contributed by atoms with Crippen molar-refractivity contribution in [3.8, 4) is 0 Å². The Morgan fingerprint density at radius 3 is 2.62 bits per heavy atom. The van der Waals surface area contributed by atoms with E-state index in [0.29, 0.717) is 11.8 Å². The van der Waals surface area contributed by atoms with Crippen LogP contribution in [-0.4, -0.2) is 42.2 Å². The molecule has 0 aromatic heterocycles. The number of amides is 1. The molecule has 1 saturated heterocycles. The molecule has 0 spiro atoms. The topological polar surface area (TPSA) is 32.3 Å². The first-order chi connectivity index (χ1) is 11.6. The highest BCUT2D eigenvalue weighted by atomic mass is 32.2. The Hall–Kier alpha value is -1.00. The highest BCUT2D eigenvalue weighted by Crippen LogP contribution is 2.47. The van der Waals surface area contributed by atoms with E-state index in [9.17, 15) is 4.79 Å². The van der Waals surface area contributed by atoms with Gasteiger partial charge in [-0.15, -0.1) is 11.8 Å². The van der Waals surface area contributed by atoms with Crippen molar-refractivity contribution in [3.63, 3.8) is 0 Å². The number of carbonyl (C=O) groups is 1. The molecule has 24 heavy (non-hydrogen) atoms. The maximum atomic E-state index is 13.4. The fraction of sp³-hybridized carbons (Fsp3) is 0.650. The molecular weight excluding hydrogens is 316 g/mol. The number of benzene rings is 1. The second kappa shape index (κ2) is 7.92. The Bertz CT molecular complexity index is 549. The Morgan fingerprint density at radius 1 is 1.25 bits per heavy atom. The minimum atomic E-state index is -0.225. The van der Waals surface area contributed by atoms with Crippen molar-refractivity contribution in [2.24, 2.45) is 5.92 Å². The van der Waals surface area contributed by atoms with Gasteiger partial charge in [-0.2, -0.15) is 0 Å². The third-order valence-electron chi connectivity index (χ3n) is 5.43. The molecule has 3 rings (SSSR count). The van der Waals surface area contributed by atoms with Gasteiger partial charge >= 0.3 is 0 Å². The highest BCUT2D eigenvalue weighted by Gasteiger charge is 2.45. The van der Waals surface area contributed by atoms with Gasteiger partial charge < -0.3 is 10.2 Å². The molecule has 1 N–H and O–H groups in total. The van der Waals surface area contributed by atoms with Gasteiger partial charge in [-0.3, -0.25) is 4.79 Å². The van der Waals surface area contributed by atoms with E-state index in [-0.39, 0.29) is 4.75 Å². The van der Waals surface area contributed by atoms with Crippen LogP contribution in [0.25, 0.3) is 0 Å². The van der Waals surface area contributed by atoms with E-state index >= 15 is 0 Å². The zero-order valence-corrected chi connectivity index (χ0v) is 15.8. The van der Waals surface area contributed by atoms with E-state index in [2.05, 4.69) is 41.4 Å². The lowest BCUT2D eigenvalue weighted by molar-refractivity contribution is -0.135. The number of thioether (sulfide) groups is 1. The van der Waals surface area contributed by atoms with E-state index in [1.54, 1.807) is 0 Å². The fourth-order valence-electron chi connectivity index (χ4n) is 4.13. The van der Waals surface area contributed by atoms with Gasteiger partial charge in [0.1, 0.15) is 0 Å². The van der Waals surface area contributed by atoms with Gasteiger partial charge in [0.15, 0.2) is 0 Å². The third kappa shape index (κ3) is 3.97. The van der Waals surface area contributed by atoms with E-state index in [0.717, 1.165) is 38.9 Å². The quantitative estimate of drug-likeness (QED) is 0.879. The first-order valence-electron chi connectivity index (χ1n) is 9.33. The number of rotatable bonds is 5. The largest absolute Gasteiger partial charge is 0.341 e. The highest BCUT2D eigenvalue weighted by molar-refractivity contribution is 8.01. The number of nitrogens with one attached hydrogen (secondary N) is 1. The van der Waals surface area contributed by atoms with Crippen molar-refractivity contribution in [2.45, 2.75) is 55.1 Å². The molecule has 1 aromatic rings. The molecule has 1 saturated carbocycles. The predicted octanol–water partition coefficient (Wildman–Crippen LogP) is 3.86. The molecule has 1 aliphatic heterocycles. The molecular formula is C20H30N2OS. The molecule has 2 fully saturated rings. The van der Waals surface area contributed by atoms with Crippen LogP contribution in [0.3, 0.4) is 0 Å². The van der Waals surface area contributed by atoms with Crippen LogP contribution in [0.4, 0.5) is 0 Å². The fourth-order valence-corrected chi connectivity index (χ4v) is 5.56. The molecule has 132 valence electrons. The van der Waals surface area contributed by atoms with E-state index in [1.807, 2.05) is 18.8 Å². The van der Waals surface area contributed by atoms with Crippen molar-refractivity contribution in [1.29, 1.82) is 0 Å². The average Bonchev–Trinajstić information content (AvgIpc) is 3.07. The minimum Gasteiger partial charge on any atom is -0.341 e. The molecule has 1 unspecified atom stereocenters. The molecule has 4 heteroatoms. The van der Waals surface area contributed by atoms with E-state index in [4.69, 9.17) is 0 Å². The number of likely N-dealkylation sites (tertiary alicyclic amines) is 1. The van der Waals surface area contributed by atoms with Crippen LogP contribution in [0, 0.1) is 12.8 Å². The van der Waals surface area contributed by atoms with Gasteiger partial charge in [0.2, 0.25) is 5.91 Å². The van der Waals surface area contributed by atoms with Gasteiger partial charge in [0, 0.05) is 18.0 Å². The lowest BCUT2D eigenvalue weighted by Gasteiger charge is -2.38. The second-order valence-electron chi connectivity index (χ2n) is 7.43. The van der Waals surface area contributed by atoms with Crippen LogP contribution in [0.1, 0.15) is 44.1 Å². The standard InChI is InChI=1S/C20H30N2OS/c1-16-7-9-18(10-8-16)24-20(11-3-4-12-20)19(23)22-13-5-6-17(15-22)14-21-2/h7-10,17,21H,3-6,11-15H2,1-2H3. The summed E-state index contributed by atoms with van der Waals surface area (Å²) in [6.45, 7) is 4.99. The van der Waals surface area contributed by atoms with Gasteiger partial charge in [-0.1, -0.05) is 30.5 Å². The number of piperidine rings is 1. The van der Waals surface area contributed by atoms with Crippen molar-refractivity contribution in [2.75, 3.05) is 26.7 Å². The zero-order chi connectivity index (χ0) is 17.0. The lowest BCUT2D eigenvalue weighted by Crippen LogP contribution is -2.50. The molecule has 1 atom stereocenters. The molecule has 1 heterocycles. The number of hydrogen-bond donors (Lipinski definition) is 1. The van der Waals surface area contributed by atoms with Crippen molar-refractivity contribution in [1.82, 2.24) is 10.2 Å². The monoisotopic (exact) mass is 346 g/mol. The number of carbonyl (C=O) groups excluding carboxylic acids is 1. The Balaban J connectivity index is 1.74. The van der Waals surface area contributed by atoms with Crippen molar-refractivity contribution >= 4 is 17.7 Å². The number of aryl methyl sites for hydroxylation is 1. The van der Waals surface area contributed by atoms with Gasteiger partial charge in [-0.25, -0.2) is 0 Å². The van der Waals surface area contributed by atoms with Gasteiger partial charge in [0.05, 0.1) is 4.75 Å². The third-order valence-corrected chi connectivity index (χ3v) is 6.92.